The highest BCUT2D eigenvalue weighted by atomic mass is 35.5. The van der Waals surface area contributed by atoms with Gasteiger partial charge in [0, 0.05) is 35.2 Å². The van der Waals surface area contributed by atoms with Crippen LogP contribution in [-0.2, 0) is 0 Å². The van der Waals surface area contributed by atoms with Crippen molar-refractivity contribution in [1.82, 2.24) is 4.90 Å². The van der Waals surface area contributed by atoms with Crippen LogP contribution in [0.1, 0.15) is 13.8 Å². The van der Waals surface area contributed by atoms with Crippen molar-refractivity contribution in [3.8, 4) is 0 Å². The topological polar surface area (TPSA) is 3.24 Å². The Morgan fingerprint density at radius 2 is 2.00 bits per heavy atom. The minimum Gasteiger partial charge on any atom is -0.296 e. The molecule has 0 aromatic rings. The van der Waals surface area contributed by atoms with Crippen molar-refractivity contribution in [3.05, 3.63) is 11.6 Å². The SMILES string of the molecule is C=C(Cl)CN1CC(C)SC(C)C1. The van der Waals surface area contributed by atoms with E-state index in [0.717, 1.165) is 35.2 Å². The molecule has 0 saturated carbocycles. The van der Waals surface area contributed by atoms with Crippen LogP contribution in [0.25, 0.3) is 0 Å². The van der Waals surface area contributed by atoms with Crippen LogP contribution in [0.4, 0.5) is 0 Å². The monoisotopic (exact) mass is 205 g/mol. The Kier molecular flexibility index (Phi) is 3.94. The summed E-state index contributed by atoms with van der Waals surface area (Å²) in [6.45, 7) is 11.4. The average molecular weight is 206 g/mol. The lowest BCUT2D eigenvalue weighted by molar-refractivity contribution is 0.297. The summed E-state index contributed by atoms with van der Waals surface area (Å²) in [5.41, 5.74) is 0. The van der Waals surface area contributed by atoms with E-state index in [9.17, 15) is 0 Å². The summed E-state index contributed by atoms with van der Waals surface area (Å²) in [6.07, 6.45) is 0. The van der Waals surface area contributed by atoms with E-state index in [1.165, 1.54) is 0 Å². The van der Waals surface area contributed by atoms with E-state index in [1.54, 1.807) is 0 Å². The van der Waals surface area contributed by atoms with E-state index in [-0.39, 0.29) is 0 Å². The maximum Gasteiger partial charge on any atom is 0.0336 e. The number of halogens is 1. The van der Waals surface area contributed by atoms with Crippen LogP contribution in [0, 0.1) is 0 Å². The zero-order valence-corrected chi connectivity index (χ0v) is 9.29. The second-order valence-corrected chi connectivity index (χ2v) is 5.88. The number of rotatable bonds is 2. The molecule has 1 heterocycles. The minimum atomic E-state index is 0.727. The van der Waals surface area contributed by atoms with Crippen LogP contribution in [0.3, 0.4) is 0 Å². The maximum atomic E-state index is 5.76. The fourth-order valence-electron chi connectivity index (χ4n) is 1.66. The second-order valence-electron chi connectivity index (χ2n) is 3.47. The number of thioether (sulfide) groups is 1. The van der Waals surface area contributed by atoms with Gasteiger partial charge in [0.05, 0.1) is 0 Å². The molecule has 0 bridgehead atoms. The van der Waals surface area contributed by atoms with E-state index in [0.29, 0.717) is 0 Å². The Balaban J connectivity index is 2.38. The summed E-state index contributed by atoms with van der Waals surface area (Å²) in [5.74, 6) is 0. The number of hydrogen-bond acceptors (Lipinski definition) is 2. The van der Waals surface area contributed by atoms with Gasteiger partial charge in [-0.3, -0.25) is 4.90 Å². The smallest absolute Gasteiger partial charge is 0.0336 e. The highest BCUT2D eigenvalue weighted by Gasteiger charge is 2.21. The van der Waals surface area contributed by atoms with Crippen molar-refractivity contribution in [2.45, 2.75) is 24.3 Å². The van der Waals surface area contributed by atoms with Crippen molar-refractivity contribution in [2.75, 3.05) is 19.6 Å². The molecule has 0 radical (unpaired) electrons. The molecule has 0 aromatic heterocycles. The molecule has 70 valence electrons. The van der Waals surface area contributed by atoms with Crippen LogP contribution in [0.5, 0.6) is 0 Å². The van der Waals surface area contributed by atoms with Gasteiger partial charge in [0.1, 0.15) is 0 Å². The highest BCUT2D eigenvalue weighted by molar-refractivity contribution is 8.00. The largest absolute Gasteiger partial charge is 0.296 e. The number of hydrogen-bond donors (Lipinski definition) is 0. The zero-order valence-electron chi connectivity index (χ0n) is 7.72. The van der Waals surface area contributed by atoms with Gasteiger partial charge in [0.25, 0.3) is 0 Å². The van der Waals surface area contributed by atoms with Crippen molar-refractivity contribution in [2.24, 2.45) is 0 Å². The summed E-state index contributed by atoms with van der Waals surface area (Å²) < 4.78 is 0. The first kappa shape index (κ1) is 10.4. The summed E-state index contributed by atoms with van der Waals surface area (Å²) in [4.78, 5) is 2.38. The van der Waals surface area contributed by atoms with Gasteiger partial charge >= 0.3 is 0 Å². The molecule has 1 nitrogen and oxygen atoms in total. The van der Waals surface area contributed by atoms with Gasteiger partial charge in [-0.2, -0.15) is 11.8 Å². The Hall–Kier alpha value is 0.340. The van der Waals surface area contributed by atoms with Crippen LogP contribution < -0.4 is 0 Å². The van der Waals surface area contributed by atoms with Crippen molar-refractivity contribution >= 4 is 23.4 Å². The van der Waals surface area contributed by atoms with E-state index in [1.807, 2.05) is 0 Å². The molecular weight excluding hydrogens is 190 g/mol. The van der Waals surface area contributed by atoms with Gasteiger partial charge in [-0.25, -0.2) is 0 Å². The summed E-state index contributed by atoms with van der Waals surface area (Å²) >= 11 is 7.82. The third-order valence-electron chi connectivity index (χ3n) is 1.89. The molecule has 1 fully saturated rings. The molecule has 0 N–H and O–H groups in total. The Labute approximate surface area is 84.1 Å². The normalized spacial score (nSPS) is 31.9. The van der Waals surface area contributed by atoms with Crippen LogP contribution >= 0.6 is 23.4 Å². The fourth-order valence-corrected chi connectivity index (χ4v) is 3.21. The Bertz CT molecular complexity index is 162. The number of nitrogens with zero attached hydrogens (tertiary/aromatic N) is 1. The van der Waals surface area contributed by atoms with E-state index < -0.39 is 0 Å². The zero-order chi connectivity index (χ0) is 9.14. The second kappa shape index (κ2) is 4.54. The first-order chi connectivity index (χ1) is 5.58. The third kappa shape index (κ3) is 3.38. The maximum absolute atomic E-state index is 5.76. The van der Waals surface area contributed by atoms with Crippen molar-refractivity contribution in [1.29, 1.82) is 0 Å². The fraction of sp³-hybridized carbons (Fsp3) is 0.778. The molecule has 1 rings (SSSR count). The van der Waals surface area contributed by atoms with Gasteiger partial charge in [-0.1, -0.05) is 32.0 Å². The predicted molar refractivity (Wildman–Crippen MR) is 57.9 cm³/mol. The quantitative estimate of drug-likeness (QED) is 0.682. The molecule has 0 amide bonds. The van der Waals surface area contributed by atoms with Crippen LogP contribution in [-0.4, -0.2) is 35.0 Å². The lowest BCUT2D eigenvalue weighted by Gasteiger charge is -2.34. The van der Waals surface area contributed by atoms with Gasteiger partial charge in [-0.15, -0.1) is 0 Å². The molecule has 1 aliphatic heterocycles. The average Bonchev–Trinajstić information content (AvgIpc) is 1.81. The molecule has 0 aromatic carbocycles. The molecule has 0 spiro atoms. The van der Waals surface area contributed by atoms with Gasteiger partial charge in [0.2, 0.25) is 0 Å². The molecule has 2 atom stereocenters. The minimum absolute atomic E-state index is 0.727. The Morgan fingerprint density at radius 3 is 2.42 bits per heavy atom. The van der Waals surface area contributed by atoms with Gasteiger partial charge in [-0.05, 0) is 0 Å². The lowest BCUT2D eigenvalue weighted by atomic mass is 10.3. The summed E-state index contributed by atoms with van der Waals surface area (Å²) in [5, 5.41) is 2.20. The predicted octanol–water partition coefficient (Wildman–Crippen LogP) is 2.56. The van der Waals surface area contributed by atoms with Crippen molar-refractivity contribution in [3.63, 3.8) is 0 Å². The summed E-state index contributed by atoms with van der Waals surface area (Å²) in [7, 11) is 0. The molecule has 12 heavy (non-hydrogen) atoms. The van der Waals surface area contributed by atoms with Crippen LogP contribution in [0.15, 0.2) is 11.6 Å². The molecule has 1 aliphatic rings. The first-order valence-corrected chi connectivity index (χ1v) is 5.61. The molecular formula is C9H16ClNS. The lowest BCUT2D eigenvalue weighted by Crippen LogP contribution is -2.40. The highest BCUT2D eigenvalue weighted by Crippen LogP contribution is 2.25. The molecule has 1 saturated heterocycles. The van der Waals surface area contributed by atoms with Gasteiger partial charge < -0.3 is 0 Å². The third-order valence-corrected chi connectivity index (χ3v) is 3.24. The summed E-state index contributed by atoms with van der Waals surface area (Å²) in [6, 6.07) is 0. The molecule has 3 heteroatoms. The Morgan fingerprint density at radius 1 is 1.50 bits per heavy atom. The standard InChI is InChI=1S/C9H16ClNS/c1-7(10)4-11-5-8(2)12-9(3)6-11/h8-9H,1,4-6H2,2-3H3. The van der Waals surface area contributed by atoms with E-state index in [2.05, 4.69) is 37.1 Å². The molecule has 0 aliphatic carbocycles. The van der Waals surface area contributed by atoms with E-state index >= 15 is 0 Å². The van der Waals surface area contributed by atoms with E-state index in [4.69, 9.17) is 11.6 Å². The van der Waals surface area contributed by atoms with Crippen molar-refractivity contribution < 1.29 is 0 Å². The first-order valence-electron chi connectivity index (χ1n) is 4.29. The van der Waals surface area contributed by atoms with Gasteiger partial charge in [0.15, 0.2) is 0 Å². The van der Waals surface area contributed by atoms with Crippen LogP contribution in [0.2, 0.25) is 0 Å². The molecule has 2 unspecified atom stereocenters.